The Labute approximate surface area is 532 Å². The topological polar surface area (TPSA) is 212 Å². The van der Waals surface area contributed by atoms with Gasteiger partial charge < -0.3 is 71.6 Å². The maximum atomic E-state index is 14.4. The van der Waals surface area contributed by atoms with Gasteiger partial charge in [0.1, 0.15) is 36.6 Å². The zero-order valence-corrected chi connectivity index (χ0v) is 51.4. The third-order valence-electron chi connectivity index (χ3n) is 16.6. The molecule has 0 spiro atoms. The van der Waals surface area contributed by atoms with Gasteiger partial charge in [-0.1, -0.05) is 171 Å². The van der Waals surface area contributed by atoms with E-state index in [1.165, 1.54) is 7.11 Å². The number of hydrogen-bond donors (Lipinski definition) is 1. The van der Waals surface area contributed by atoms with Crippen LogP contribution >= 0.6 is 0 Å². The molecule has 0 unspecified atom stereocenters. The summed E-state index contributed by atoms with van der Waals surface area (Å²) >= 11 is 0. The highest BCUT2D eigenvalue weighted by molar-refractivity contribution is 5.90. The van der Waals surface area contributed by atoms with Crippen LogP contribution in [0, 0.1) is 5.92 Å². The van der Waals surface area contributed by atoms with Crippen molar-refractivity contribution in [3.63, 3.8) is 0 Å². The van der Waals surface area contributed by atoms with Crippen molar-refractivity contribution in [3.05, 3.63) is 215 Å². The van der Waals surface area contributed by atoms with Gasteiger partial charge in [0.25, 0.3) is 0 Å². The standard InChI is InChI=1S/C72H83NO18/c1-79-60(75)38-24-4-2-3-5-25-41-80-70-65(90-68(77)55-34-20-10-21-35-55)62(82-46-51-28-14-7-15-29-51)58(87-70)48-85-72-66(91-69(78)56-36-22-11-23-37-56)63(83-47-52-30-16-8-17-31-52)59(88-72)49-84-71-64(89-67(76)54-32-18-9-19-33-54)61(81-45-50-26-12-6-13-27-50)57(86-71)43-73-40-39-53(42-73)44-74/h6-23,26-37,53,57-59,61-66,70-72,74H,2-5,24-25,38-49H2,1H3/t53-,57+,58+,59+,61+,62+,63+,64-,65-,66-,70-,71-,72-/m0/s1. The van der Waals surface area contributed by atoms with Crippen molar-refractivity contribution in [2.24, 2.45) is 5.92 Å². The molecule has 4 aliphatic heterocycles. The quantitative estimate of drug-likeness (QED) is 0.0226. The van der Waals surface area contributed by atoms with Gasteiger partial charge in [-0.3, -0.25) is 4.79 Å². The summed E-state index contributed by atoms with van der Waals surface area (Å²) in [4.78, 5) is 56.4. The third-order valence-corrected chi connectivity index (χ3v) is 16.6. The summed E-state index contributed by atoms with van der Waals surface area (Å²) in [7, 11) is 1.39. The Morgan fingerprint density at radius 2 is 0.802 bits per heavy atom. The van der Waals surface area contributed by atoms with Gasteiger partial charge in [0.2, 0.25) is 0 Å². The van der Waals surface area contributed by atoms with Gasteiger partial charge in [0.15, 0.2) is 37.2 Å². The zero-order valence-electron chi connectivity index (χ0n) is 51.4. The number of benzene rings is 6. The lowest BCUT2D eigenvalue weighted by atomic mass is 10.1. The summed E-state index contributed by atoms with van der Waals surface area (Å²) in [5.74, 6) is -2.00. The molecule has 0 aliphatic carbocycles. The van der Waals surface area contributed by atoms with Gasteiger partial charge in [0.05, 0.1) is 56.8 Å². The molecule has 0 aromatic heterocycles. The van der Waals surface area contributed by atoms with Crippen molar-refractivity contribution in [1.29, 1.82) is 0 Å². The molecule has 6 aromatic rings. The van der Waals surface area contributed by atoms with E-state index >= 15 is 0 Å². The van der Waals surface area contributed by atoms with Gasteiger partial charge in [0, 0.05) is 32.7 Å². The predicted molar refractivity (Wildman–Crippen MR) is 332 cm³/mol. The van der Waals surface area contributed by atoms with E-state index in [1.807, 2.05) is 103 Å². The maximum Gasteiger partial charge on any atom is 0.338 e. The lowest BCUT2D eigenvalue weighted by Gasteiger charge is -2.27. The SMILES string of the molecule is COC(=O)CCCCCCCCO[C@H]1O[C@H](CO[C@H]2O[C@H](CO[C@H]3O[C@H](CN4CC[C@H](CO)C4)[C@@H](OCc4ccccc4)[C@@H]3OC(=O)c3ccccc3)[C@@H](OCc3ccccc3)[C@@H]2OC(=O)c2ccccc2)[C@@H](OCc2ccccc2)[C@@H]1OC(=O)c1ccccc1. The number of hydrogen-bond acceptors (Lipinski definition) is 19. The molecule has 4 aliphatic rings. The first kappa shape index (κ1) is 66.7. The molecule has 6 aromatic carbocycles. The molecule has 4 fully saturated rings. The Bertz CT molecular complexity index is 3120. The summed E-state index contributed by atoms with van der Waals surface area (Å²) in [6.45, 7) is 1.96. The summed E-state index contributed by atoms with van der Waals surface area (Å²) in [6, 6.07) is 54.7. The Morgan fingerprint density at radius 3 is 1.20 bits per heavy atom. The van der Waals surface area contributed by atoms with Crippen LogP contribution in [0.15, 0.2) is 182 Å². The number of carbonyl (C=O) groups excluding carboxylic acids is 4. The largest absolute Gasteiger partial charge is 0.469 e. The zero-order chi connectivity index (χ0) is 63.0. The van der Waals surface area contributed by atoms with Crippen LogP contribution in [0.3, 0.4) is 0 Å². The number of unbranched alkanes of at least 4 members (excludes halogenated alkanes) is 5. The number of likely N-dealkylation sites (tertiary alicyclic amines) is 1. The molecular weight excluding hydrogens is 1170 g/mol. The van der Waals surface area contributed by atoms with Crippen LogP contribution in [-0.4, -0.2) is 161 Å². The lowest BCUT2D eigenvalue weighted by molar-refractivity contribution is -0.219. The van der Waals surface area contributed by atoms with E-state index in [0.717, 1.165) is 61.8 Å². The average molecular weight is 1250 g/mol. The van der Waals surface area contributed by atoms with Crippen molar-refractivity contribution in [2.75, 3.05) is 53.2 Å². The lowest BCUT2D eigenvalue weighted by Crippen LogP contribution is -2.44. The average Bonchev–Trinajstić information content (AvgIpc) is 2.98. The van der Waals surface area contributed by atoms with E-state index in [1.54, 1.807) is 78.9 Å². The second-order valence-electron chi connectivity index (χ2n) is 23.2. The number of aliphatic hydroxyl groups excluding tert-OH is 1. The van der Waals surface area contributed by atoms with E-state index < -0.39 is 91.7 Å². The highest BCUT2D eigenvalue weighted by Crippen LogP contribution is 2.37. The molecule has 4 saturated heterocycles. The molecule has 19 nitrogen and oxygen atoms in total. The van der Waals surface area contributed by atoms with Crippen molar-refractivity contribution < 1.29 is 85.9 Å². The minimum atomic E-state index is -1.33. The molecule has 0 bridgehead atoms. The molecule has 0 radical (unpaired) electrons. The summed E-state index contributed by atoms with van der Waals surface area (Å²) in [5.41, 5.74) is 3.50. The Morgan fingerprint density at radius 1 is 0.440 bits per heavy atom. The fraction of sp³-hybridized carbons (Fsp3) is 0.444. The second kappa shape index (κ2) is 35.0. The summed E-state index contributed by atoms with van der Waals surface area (Å²) in [6.07, 6.45) is -6.30. The van der Waals surface area contributed by atoms with Crippen molar-refractivity contribution in [2.45, 2.75) is 145 Å². The molecule has 13 atom stereocenters. The molecular formula is C72H83NO18. The van der Waals surface area contributed by atoms with Crippen LogP contribution in [-0.2, 0) is 86.2 Å². The second-order valence-corrected chi connectivity index (χ2v) is 23.2. The van der Waals surface area contributed by atoms with Crippen LogP contribution in [0.4, 0.5) is 0 Å². The predicted octanol–water partition coefficient (Wildman–Crippen LogP) is 9.86. The van der Waals surface area contributed by atoms with Gasteiger partial charge in [-0.15, -0.1) is 0 Å². The van der Waals surface area contributed by atoms with Crippen molar-refractivity contribution in [1.82, 2.24) is 4.90 Å². The monoisotopic (exact) mass is 1250 g/mol. The number of nitrogens with zero attached hydrogens (tertiary/aromatic N) is 1. The van der Waals surface area contributed by atoms with Crippen LogP contribution in [0.5, 0.6) is 0 Å². The summed E-state index contributed by atoms with van der Waals surface area (Å²) in [5, 5.41) is 10.1. The van der Waals surface area contributed by atoms with Gasteiger partial charge in [-0.05, 0) is 84.8 Å². The molecule has 19 heteroatoms. The molecule has 1 N–H and O–H groups in total. The first-order chi connectivity index (χ1) is 44.7. The van der Waals surface area contributed by atoms with Gasteiger partial charge >= 0.3 is 23.9 Å². The molecule has 4 heterocycles. The number of esters is 4. The first-order valence-electron chi connectivity index (χ1n) is 31.7. The smallest absolute Gasteiger partial charge is 0.338 e. The highest BCUT2D eigenvalue weighted by atomic mass is 16.8. The number of ether oxygens (including phenoxy) is 13. The van der Waals surface area contributed by atoms with Gasteiger partial charge in [-0.25, -0.2) is 14.4 Å². The van der Waals surface area contributed by atoms with E-state index in [-0.39, 0.29) is 63.7 Å². The first-order valence-corrected chi connectivity index (χ1v) is 31.7. The van der Waals surface area contributed by atoms with Crippen LogP contribution in [0.2, 0.25) is 0 Å². The molecule has 91 heavy (non-hydrogen) atoms. The van der Waals surface area contributed by atoms with E-state index in [4.69, 9.17) is 61.6 Å². The Hall–Kier alpha value is -7.24. The molecule has 0 amide bonds. The van der Waals surface area contributed by atoms with Crippen molar-refractivity contribution >= 4 is 23.9 Å². The minimum Gasteiger partial charge on any atom is -0.469 e. The fourth-order valence-electron chi connectivity index (χ4n) is 11.7. The van der Waals surface area contributed by atoms with Crippen LogP contribution in [0.1, 0.15) is 99.1 Å². The Balaban J connectivity index is 0.930. The van der Waals surface area contributed by atoms with Crippen molar-refractivity contribution in [3.8, 4) is 0 Å². The third kappa shape index (κ3) is 19.4. The molecule has 10 rings (SSSR count). The fourth-order valence-corrected chi connectivity index (χ4v) is 11.7. The normalized spacial score (nSPS) is 25.5. The van der Waals surface area contributed by atoms with Gasteiger partial charge in [-0.2, -0.15) is 0 Å². The summed E-state index contributed by atoms with van der Waals surface area (Å²) < 4.78 is 84.8. The van der Waals surface area contributed by atoms with E-state index in [2.05, 4.69) is 4.90 Å². The number of carbonyl (C=O) groups is 4. The maximum absolute atomic E-state index is 14.4. The van der Waals surface area contributed by atoms with E-state index in [0.29, 0.717) is 37.1 Å². The molecule has 0 saturated carbocycles. The number of aliphatic hydroxyl groups is 1. The van der Waals surface area contributed by atoms with Crippen LogP contribution < -0.4 is 0 Å². The number of rotatable bonds is 34. The molecule has 484 valence electrons. The van der Waals surface area contributed by atoms with Crippen LogP contribution in [0.25, 0.3) is 0 Å². The Kier molecular flexibility index (Phi) is 25.6. The number of methoxy groups -OCH3 is 1. The van der Waals surface area contributed by atoms with E-state index in [9.17, 15) is 24.3 Å². The highest BCUT2D eigenvalue weighted by Gasteiger charge is 2.55. The minimum absolute atomic E-state index is 0.0560.